The summed E-state index contributed by atoms with van der Waals surface area (Å²) in [5.41, 5.74) is 2.36. The van der Waals surface area contributed by atoms with Crippen molar-refractivity contribution >= 4 is 17.3 Å². The Morgan fingerprint density at radius 2 is 1.82 bits per heavy atom. The molecule has 120 valence electrons. The van der Waals surface area contributed by atoms with Gasteiger partial charge in [0.2, 0.25) is 5.91 Å². The first-order valence-corrected chi connectivity index (χ1v) is 8.27. The quantitative estimate of drug-likeness (QED) is 0.836. The highest BCUT2D eigenvalue weighted by atomic mass is 16.1. The summed E-state index contributed by atoms with van der Waals surface area (Å²) in [5, 5.41) is 6.33. The number of hydrogen-bond donors (Lipinski definition) is 2. The Hall–Kier alpha value is -1.75. The third-order valence-electron chi connectivity index (χ3n) is 4.36. The normalized spacial score (nSPS) is 19.0. The molecule has 1 saturated carbocycles. The van der Waals surface area contributed by atoms with Gasteiger partial charge in [-0.1, -0.05) is 0 Å². The van der Waals surface area contributed by atoms with Crippen molar-refractivity contribution in [2.45, 2.75) is 25.3 Å². The van der Waals surface area contributed by atoms with E-state index in [1.807, 2.05) is 0 Å². The molecule has 0 aromatic heterocycles. The molecule has 5 heteroatoms. The third kappa shape index (κ3) is 4.37. The van der Waals surface area contributed by atoms with E-state index in [0.717, 1.165) is 44.7 Å². The van der Waals surface area contributed by atoms with Gasteiger partial charge in [0.05, 0.1) is 0 Å². The van der Waals surface area contributed by atoms with Gasteiger partial charge in [-0.3, -0.25) is 4.79 Å². The second-order valence-corrected chi connectivity index (χ2v) is 6.36. The lowest BCUT2D eigenvalue weighted by atomic mass is 10.2. The molecule has 0 atom stereocenters. The highest BCUT2D eigenvalue weighted by molar-refractivity contribution is 5.77. The monoisotopic (exact) mass is 302 g/mol. The van der Waals surface area contributed by atoms with Crippen molar-refractivity contribution in [2.75, 3.05) is 50.0 Å². The highest BCUT2D eigenvalue weighted by Gasteiger charge is 2.22. The number of piperazine rings is 1. The summed E-state index contributed by atoms with van der Waals surface area (Å²) in [5.74, 6) is 0.157. The fourth-order valence-electron chi connectivity index (χ4n) is 2.70. The summed E-state index contributed by atoms with van der Waals surface area (Å²) in [6, 6.07) is 8.99. The van der Waals surface area contributed by atoms with Crippen molar-refractivity contribution in [3.63, 3.8) is 0 Å². The second kappa shape index (κ2) is 7.01. The smallest absolute Gasteiger partial charge is 0.221 e. The van der Waals surface area contributed by atoms with Crippen LogP contribution in [0.2, 0.25) is 0 Å². The van der Waals surface area contributed by atoms with E-state index < -0.39 is 0 Å². The van der Waals surface area contributed by atoms with Crippen LogP contribution in [-0.4, -0.2) is 56.6 Å². The molecule has 1 amide bonds. The van der Waals surface area contributed by atoms with Crippen molar-refractivity contribution < 1.29 is 4.79 Å². The van der Waals surface area contributed by atoms with Crippen LogP contribution in [0.15, 0.2) is 24.3 Å². The average Bonchev–Trinajstić information content (AvgIpc) is 3.33. The molecule has 3 rings (SSSR count). The van der Waals surface area contributed by atoms with E-state index >= 15 is 0 Å². The first kappa shape index (κ1) is 15.2. The molecule has 1 heterocycles. The van der Waals surface area contributed by atoms with Gasteiger partial charge in [0, 0.05) is 56.6 Å². The number of anilines is 2. The number of benzene rings is 1. The van der Waals surface area contributed by atoms with Crippen LogP contribution in [0.1, 0.15) is 19.3 Å². The molecular formula is C17H26N4O. The molecule has 22 heavy (non-hydrogen) atoms. The van der Waals surface area contributed by atoms with E-state index in [2.05, 4.69) is 51.7 Å². The topological polar surface area (TPSA) is 47.6 Å². The average molecular weight is 302 g/mol. The SMILES string of the molecule is CN1CCN(c2ccc(NCCC(=O)NC3CC3)cc2)CC1. The van der Waals surface area contributed by atoms with Crippen molar-refractivity contribution in [1.29, 1.82) is 0 Å². The van der Waals surface area contributed by atoms with Gasteiger partial charge >= 0.3 is 0 Å². The maximum atomic E-state index is 11.6. The zero-order chi connectivity index (χ0) is 15.4. The molecule has 2 N–H and O–H groups in total. The minimum atomic E-state index is 0.157. The van der Waals surface area contributed by atoms with Gasteiger partial charge in [0.25, 0.3) is 0 Å². The number of amides is 1. The number of nitrogens with zero attached hydrogens (tertiary/aromatic N) is 2. The summed E-state index contributed by atoms with van der Waals surface area (Å²) in [4.78, 5) is 16.4. The molecule has 0 unspecified atom stereocenters. The first-order valence-electron chi connectivity index (χ1n) is 8.27. The van der Waals surface area contributed by atoms with E-state index in [-0.39, 0.29) is 5.91 Å². The number of carbonyl (C=O) groups excluding carboxylic acids is 1. The lowest BCUT2D eigenvalue weighted by molar-refractivity contribution is -0.120. The van der Waals surface area contributed by atoms with E-state index in [0.29, 0.717) is 19.0 Å². The summed E-state index contributed by atoms with van der Waals surface area (Å²) in [6.07, 6.45) is 2.83. The van der Waals surface area contributed by atoms with E-state index in [9.17, 15) is 4.79 Å². The number of carbonyl (C=O) groups is 1. The van der Waals surface area contributed by atoms with E-state index in [1.165, 1.54) is 5.69 Å². The largest absolute Gasteiger partial charge is 0.385 e. The van der Waals surface area contributed by atoms with Crippen molar-refractivity contribution in [1.82, 2.24) is 10.2 Å². The van der Waals surface area contributed by atoms with Gasteiger partial charge in [-0.25, -0.2) is 0 Å². The molecule has 5 nitrogen and oxygen atoms in total. The predicted octanol–water partition coefficient (Wildman–Crippen LogP) is 1.52. The summed E-state index contributed by atoms with van der Waals surface area (Å²) >= 11 is 0. The van der Waals surface area contributed by atoms with Crippen LogP contribution in [-0.2, 0) is 4.79 Å². The second-order valence-electron chi connectivity index (χ2n) is 6.36. The summed E-state index contributed by atoms with van der Waals surface area (Å²) in [6.45, 7) is 5.11. The minimum absolute atomic E-state index is 0.157. The highest BCUT2D eigenvalue weighted by Crippen LogP contribution is 2.20. The zero-order valence-corrected chi connectivity index (χ0v) is 13.3. The standard InChI is InChI=1S/C17H26N4O/c1-20-10-12-21(13-11-20)16-6-4-14(5-7-16)18-9-8-17(22)19-15-2-3-15/h4-7,15,18H,2-3,8-13H2,1H3,(H,19,22). The van der Waals surface area contributed by atoms with Gasteiger partial charge in [0.1, 0.15) is 0 Å². The number of hydrogen-bond acceptors (Lipinski definition) is 4. The minimum Gasteiger partial charge on any atom is -0.385 e. The molecule has 0 radical (unpaired) electrons. The van der Waals surface area contributed by atoms with Crippen molar-refractivity contribution in [2.24, 2.45) is 0 Å². The van der Waals surface area contributed by atoms with Crippen LogP contribution in [0.5, 0.6) is 0 Å². The molecular weight excluding hydrogens is 276 g/mol. The van der Waals surface area contributed by atoms with Crippen molar-refractivity contribution in [3.8, 4) is 0 Å². The zero-order valence-electron chi connectivity index (χ0n) is 13.3. The van der Waals surface area contributed by atoms with Crippen LogP contribution < -0.4 is 15.5 Å². The lowest BCUT2D eigenvalue weighted by Gasteiger charge is -2.34. The molecule has 0 bridgehead atoms. The van der Waals surface area contributed by atoms with Crippen LogP contribution in [0.3, 0.4) is 0 Å². The maximum Gasteiger partial charge on any atom is 0.221 e. The molecule has 1 aromatic carbocycles. The molecule has 1 saturated heterocycles. The lowest BCUT2D eigenvalue weighted by Crippen LogP contribution is -2.44. The Bertz CT molecular complexity index is 490. The molecule has 1 aliphatic heterocycles. The predicted molar refractivity (Wildman–Crippen MR) is 90.4 cm³/mol. The summed E-state index contributed by atoms with van der Waals surface area (Å²) < 4.78 is 0. The Morgan fingerprint density at radius 3 is 2.45 bits per heavy atom. The van der Waals surface area contributed by atoms with E-state index in [1.54, 1.807) is 0 Å². The molecule has 1 aromatic rings. The Labute approximate surface area is 132 Å². The van der Waals surface area contributed by atoms with Crippen molar-refractivity contribution in [3.05, 3.63) is 24.3 Å². The Morgan fingerprint density at radius 1 is 1.14 bits per heavy atom. The molecule has 0 spiro atoms. The number of rotatable bonds is 6. The van der Waals surface area contributed by atoms with Crippen LogP contribution in [0.25, 0.3) is 0 Å². The van der Waals surface area contributed by atoms with Crippen LogP contribution in [0, 0.1) is 0 Å². The van der Waals surface area contributed by atoms with Gasteiger partial charge in [-0.2, -0.15) is 0 Å². The first-order chi connectivity index (χ1) is 10.7. The van der Waals surface area contributed by atoms with Gasteiger partial charge in [-0.05, 0) is 44.2 Å². The summed E-state index contributed by atoms with van der Waals surface area (Å²) in [7, 11) is 2.17. The van der Waals surface area contributed by atoms with Gasteiger partial charge in [-0.15, -0.1) is 0 Å². The molecule has 1 aliphatic carbocycles. The van der Waals surface area contributed by atoms with Gasteiger partial charge in [0.15, 0.2) is 0 Å². The number of nitrogens with one attached hydrogen (secondary N) is 2. The Balaban J connectivity index is 1.41. The van der Waals surface area contributed by atoms with Gasteiger partial charge < -0.3 is 20.4 Å². The van der Waals surface area contributed by atoms with E-state index in [4.69, 9.17) is 0 Å². The third-order valence-corrected chi connectivity index (χ3v) is 4.36. The fourth-order valence-corrected chi connectivity index (χ4v) is 2.70. The maximum absolute atomic E-state index is 11.6. The molecule has 2 aliphatic rings. The molecule has 2 fully saturated rings. The Kier molecular flexibility index (Phi) is 4.83. The van der Waals surface area contributed by atoms with Crippen LogP contribution >= 0.6 is 0 Å². The van der Waals surface area contributed by atoms with Crippen LogP contribution in [0.4, 0.5) is 11.4 Å². The number of likely N-dealkylation sites (N-methyl/N-ethyl adjacent to an activating group) is 1. The fraction of sp³-hybridized carbons (Fsp3) is 0.588.